The van der Waals surface area contributed by atoms with Gasteiger partial charge in [-0.3, -0.25) is 0 Å². The van der Waals surface area contributed by atoms with E-state index in [1.807, 2.05) is 24.3 Å². The summed E-state index contributed by atoms with van der Waals surface area (Å²) in [6, 6.07) is 7.55. The molecule has 0 aliphatic carbocycles. The molecule has 2 nitrogen and oxygen atoms in total. The topological polar surface area (TPSA) is 26.3 Å². The van der Waals surface area contributed by atoms with Gasteiger partial charge in [0, 0.05) is 0 Å². The number of hydrogen-bond acceptors (Lipinski definition) is 2. The van der Waals surface area contributed by atoms with Gasteiger partial charge < -0.3 is 4.74 Å². The van der Waals surface area contributed by atoms with Crippen molar-refractivity contribution in [3.05, 3.63) is 41.5 Å². The van der Waals surface area contributed by atoms with Crippen LogP contribution in [0.25, 0.3) is 6.08 Å². The molecule has 0 aliphatic rings. The van der Waals surface area contributed by atoms with E-state index < -0.39 is 0 Å². The zero-order chi connectivity index (χ0) is 18.2. The van der Waals surface area contributed by atoms with E-state index in [-0.39, 0.29) is 5.97 Å². The van der Waals surface area contributed by atoms with Crippen molar-refractivity contribution in [1.82, 2.24) is 0 Å². The van der Waals surface area contributed by atoms with Crippen LogP contribution in [0.3, 0.4) is 0 Å². The Hall–Kier alpha value is -1.57. The third-order valence-electron chi connectivity index (χ3n) is 4.62. The van der Waals surface area contributed by atoms with E-state index in [0.717, 1.165) is 12.0 Å². The fourth-order valence-electron chi connectivity index (χ4n) is 2.99. The first-order valence-corrected chi connectivity index (χ1v) is 10.1. The van der Waals surface area contributed by atoms with Gasteiger partial charge in [0.2, 0.25) is 0 Å². The fraction of sp³-hybridized carbons (Fsp3) is 0.609. The van der Waals surface area contributed by atoms with Gasteiger partial charge in [0.05, 0.1) is 12.7 Å². The van der Waals surface area contributed by atoms with Crippen molar-refractivity contribution >= 4 is 12.0 Å². The standard InChI is InChI=1S/C23H36O2/c1-3-4-5-6-7-8-9-10-11-12-13-14-15-16-21-17-19-22(20-18-21)23(24)25-2/h15-20H,3-14H2,1-2H3/b16-15+. The van der Waals surface area contributed by atoms with Crippen molar-refractivity contribution in [2.24, 2.45) is 0 Å². The minimum atomic E-state index is -0.281. The molecule has 0 bridgehead atoms. The summed E-state index contributed by atoms with van der Waals surface area (Å²) in [6.07, 6.45) is 20.7. The van der Waals surface area contributed by atoms with Gasteiger partial charge in [-0.25, -0.2) is 4.79 Å². The summed E-state index contributed by atoms with van der Waals surface area (Å²) in [5.41, 5.74) is 1.74. The summed E-state index contributed by atoms with van der Waals surface area (Å²) in [7, 11) is 1.41. The Balaban J connectivity index is 1.99. The summed E-state index contributed by atoms with van der Waals surface area (Å²) in [4.78, 5) is 11.4. The number of methoxy groups -OCH3 is 1. The fourth-order valence-corrected chi connectivity index (χ4v) is 2.99. The average Bonchev–Trinajstić information content (AvgIpc) is 2.65. The highest BCUT2D eigenvalue weighted by atomic mass is 16.5. The Kier molecular flexibility index (Phi) is 12.7. The number of benzene rings is 1. The van der Waals surface area contributed by atoms with E-state index in [1.165, 1.54) is 77.7 Å². The van der Waals surface area contributed by atoms with Crippen LogP contribution in [0.5, 0.6) is 0 Å². The number of carbonyl (C=O) groups excluding carboxylic acids is 1. The molecule has 0 saturated heterocycles. The van der Waals surface area contributed by atoms with Crippen molar-refractivity contribution < 1.29 is 9.53 Å². The van der Waals surface area contributed by atoms with Crippen molar-refractivity contribution in [3.63, 3.8) is 0 Å². The van der Waals surface area contributed by atoms with Gasteiger partial charge in [-0.05, 0) is 30.5 Å². The second-order valence-electron chi connectivity index (χ2n) is 6.84. The van der Waals surface area contributed by atoms with Crippen LogP contribution < -0.4 is 0 Å². The molecule has 25 heavy (non-hydrogen) atoms. The van der Waals surface area contributed by atoms with E-state index in [9.17, 15) is 4.79 Å². The first-order chi connectivity index (χ1) is 12.3. The average molecular weight is 345 g/mol. The van der Waals surface area contributed by atoms with Crippen LogP contribution in [-0.4, -0.2) is 13.1 Å². The van der Waals surface area contributed by atoms with Crippen LogP contribution in [-0.2, 0) is 4.74 Å². The van der Waals surface area contributed by atoms with E-state index in [0.29, 0.717) is 5.56 Å². The molecule has 0 saturated carbocycles. The SMILES string of the molecule is CCCCCCCCCCCCC/C=C/c1ccc(C(=O)OC)cc1. The Labute approximate surface area is 154 Å². The molecule has 0 fully saturated rings. The van der Waals surface area contributed by atoms with Crippen LogP contribution in [0.4, 0.5) is 0 Å². The second kappa shape index (κ2) is 14.7. The van der Waals surface area contributed by atoms with Crippen LogP contribution >= 0.6 is 0 Å². The molecule has 0 amide bonds. The van der Waals surface area contributed by atoms with Crippen LogP contribution in [0.1, 0.15) is 99.9 Å². The lowest BCUT2D eigenvalue weighted by Crippen LogP contribution is -2.00. The first kappa shape index (κ1) is 21.5. The molecule has 0 unspecified atom stereocenters. The predicted molar refractivity (Wildman–Crippen MR) is 108 cm³/mol. The predicted octanol–water partition coefficient (Wildman–Crippen LogP) is 7.19. The van der Waals surface area contributed by atoms with Crippen LogP contribution in [0, 0.1) is 0 Å². The molecule has 0 atom stereocenters. The summed E-state index contributed by atoms with van der Waals surface area (Å²) < 4.78 is 4.70. The highest BCUT2D eigenvalue weighted by molar-refractivity contribution is 5.89. The van der Waals surface area contributed by atoms with Gasteiger partial charge in [0.1, 0.15) is 0 Å². The smallest absolute Gasteiger partial charge is 0.337 e. The summed E-state index contributed by atoms with van der Waals surface area (Å²) in [5.74, 6) is -0.281. The molecule has 0 aromatic heterocycles. The highest BCUT2D eigenvalue weighted by Gasteiger charge is 2.02. The molecular weight excluding hydrogens is 308 g/mol. The lowest BCUT2D eigenvalue weighted by molar-refractivity contribution is 0.0600. The monoisotopic (exact) mass is 344 g/mol. The molecule has 0 aliphatic heterocycles. The Morgan fingerprint density at radius 1 is 0.840 bits per heavy atom. The minimum absolute atomic E-state index is 0.281. The van der Waals surface area contributed by atoms with Crippen molar-refractivity contribution in [2.75, 3.05) is 7.11 Å². The number of esters is 1. The Morgan fingerprint density at radius 2 is 1.36 bits per heavy atom. The molecule has 140 valence electrons. The number of hydrogen-bond donors (Lipinski definition) is 0. The van der Waals surface area contributed by atoms with Crippen molar-refractivity contribution in [2.45, 2.75) is 84.0 Å². The quantitative estimate of drug-likeness (QED) is 0.264. The highest BCUT2D eigenvalue weighted by Crippen LogP contribution is 2.13. The molecule has 2 heteroatoms. The van der Waals surface area contributed by atoms with Gasteiger partial charge in [-0.15, -0.1) is 0 Å². The number of ether oxygens (including phenoxy) is 1. The number of carbonyl (C=O) groups is 1. The van der Waals surface area contributed by atoms with Gasteiger partial charge in [0.15, 0.2) is 0 Å². The number of unbranched alkanes of at least 4 members (excludes halogenated alkanes) is 11. The van der Waals surface area contributed by atoms with E-state index in [2.05, 4.69) is 19.1 Å². The van der Waals surface area contributed by atoms with Gasteiger partial charge in [0.25, 0.3) is 0 Å². The summed E-state index contributed by atoms with van der Waals surface area (Å²) in [5, 5.41) is 0. The van der Waals surface area contributed by atoms with Crippen molar-refractivity contribution in [1.29, 1.82) is 0 Å². The molecule has 0 spiro atoms. The molecule has 1 aromatic carbocycles. The van der Waals surface area contributed by atoms with E-state index >= 15 is 0 Å². The second-order valence-corrected chi connectivity index (χ2v) is 6.84. The maximum absolute atomic E-state index is 11.4. The van der Waals surface area contributed by atoms with Gasteiger partial charge in [-0.2, -0.15) is 0 Å². The minimum Gasteiger partial charge on any atom is -0.465 e. The molecule has 1 aromatic rings. The van der Waals surface area contributed by atoms with Crippen molar-refractivity contribution in [3.8, 4) is 0 Å². The lowest BCUT2D eigenvalue weighted by atomic mass is 10.0. The molecule has 0 N–H and O–H groups in total. The lowest BCUT2D eigenvalue weighted by Gasteiger charge is -2.02. The van der Waals surface area contributed by atoms with E-state index in [1.54, 1.807) is 0 Å². The first-order valence-electron chi connectivity index (χ1n) is 10.1. The maximum Gasteiger partial charge on any atom is 0.337 e. The van der Waals surface area contributed by atoms with E-state index in [4.69, 9.17) is 4.74 Å². The maximum atomic E-state index is 11.4. The van der Waals surface area contributed by atoms with Crippen LogP contribution in [0.15, 0.2) is 30.3 Å². The Bertz CT molecular complexity index is 473. The zero-order valence-electron chi connectivity index (χ0n) is 16.3. The molecule has 0 heterocycles. The zero-order valence-corrected chi connectivity index (χ0v) is 16.3. The van der Waals surface area contributed by atoms with Gasteiger partial charge in [-0.1, -0.05) is 95.4 Å². The molecule has 1 rings (SSSR count). The Morgan fingerprint density at radius 3 is 1.88 bits per heavy atom. The summed E-state index contributed by atoms with van der Waals surface area (Å²) in [6.45, 7) is 2.27. The number of allylic oxidation sites excluding steroid dienone is 1. The van der Waals surface area contributed by atoms with Gasteiger partial charge >= 0.3 is 5.97 Å². The molecular formula is C23H36O2. The molecule has 0 radical (unpaired) electrons. The number of rotatable bonds is 14. The third kappa shape index (κ3) is 10.8. The third-order valence-corrected chi connectivity index (χ3v) is 4.62. The van der Waals surface area contributed by atoms with Crippen LogP contribution in [0.2, 0.25) is 0 Å². The normalized spacial score (nSPS) is 11.1. The largest absolute Gasteiger partial charge is 0.465 e. The summed E-state index contributed by atoms with van der Waals surface area (Å²) >= 11 is 0.